The topological polar surface area (TPSA) is 32.3 Å². The summed E-state index contributed by atoms with van der Waals surface area (Å²) in [6.45, 7) is 10.7. The van der Waals surface area contributed by atoms with E-state index >= 15 is 0 Å². The maximum atomic E-state index is 12.7. The molecule has 98 valence electrons. The van der Waals surface area contributed by atoms with Gasteiger partial charge in [-0.1, -0.05) is 13.8 Å². The summed E-state index contributed by atoms with van der Waals surface area (Å²) in [6, 6.07) is 0.387. The van der Waals surface area contributed by atoms with E-state index in [0.717, 1.165) is 25.9 Å². The van der Waals surface area contributed by atoms with Crippen LogP contribution in [-0.4, -0.2) is 35.5 Å². The normalized spacial score (nSPS) is 42.8. The van der Waals surface area contributed by atoms with Gasteiger partial charge >= 0.3 is 0 Å². The third-order valence-corrected chi connectivity index (χ3v) is 4.70. The van der Waals surface area contributed by atoms with Crippen molar-refractivity contribution in [2.75, 3.05) is 13.1 Å². The van der Waals surface area contributed by atoms with Crippen LogP contribution in [0, 0.1) is 11.8 Å². The molecular formula is C14H26N2O. The van der Waals surface area contributed by atoms with Crippen LogP contribution in [0.25, 0.3) is 0 Å². The number of amides is 1. The van der Waals surface area contributed by atoms with E-state index in [2.05, 4.69) is 37.9 Å². The lowest BCUT2D eigenvalue weighted by molar-refractivity contribution is -0.143. The monoisotopic (exact) mass is 238 g/mol. The van der Waals surface area contributed by atoms with Crippen LogP contribution in [0.4, 0.5) is 0 Å². The summed E-state index contributed by atoms with van der Waals surface area (Å²) in [5.41, 5.74) is -0.301. The van der Waals surface area contributed by atoms with Gasteiger partial charge in [-0.05, 0) is 51.5 Å². The quantitative estimate of drug-likeness (QED) is 0.758. The van der Waals surface area contributed by atoms with Gasteiger partial charge in [-0.2, -0.15) is 0 Å². The number of likely N-dealkylation sites (tertiary alicyclic amines) is 1. The predicted octanol–water partition coefficient (Wildman–Crippen LogP) is 2.02. The maximum absolute atomic E-state index is 12.7. The van der Waals surface area contributed by atoms with E-state index in [4.69, 9.17) is 0 Å². The summed E-state index contributed by atoms with van der Waals surface area (Å²) < 4.78 is 0. The van der Waals surface area contributed by atoms with E-state index in [0.29, 0.717) is 23.8 Å². The third-order valence-electron chi connectivity index (χ3n) is 4.70. The minimum atomic E-state index is -0.301. The summed E-state index contributed by atoms with van der Waals surface area (Å²) in [4.78, 5) is 14.8. The van der Waals surface area contributed by atoms with Gasteiger partial charge in [-0.3, -0.25) is 4.79 Å². The molecule has 2 aliphatic rings. The molecule has 0 aromatic heterocycles. The van der Waals surface area contributed by atoms with Crippen LogP contribution in [0.2, 0.25) is 0 Å². The Kier molecular flexibility index (Phi) is 3.48. The van der Waals surface area contributed by atoms with Crippen LogP contribution < -0.4 is 5.32 Å². The van der Waals surface area contributed by atoms with Crippen molar-refractivity contribution in [1.82, 2.24) is 10.2 Å². The summed E-state index contributed by atoms with van der Waals surface area (Å²) in [7, 11) is 0. The number of nitrogens with zero attached hydrogens (tertiary/aromatic N) is 1. The fourth-order valence-corrected chi connectivity index (χ4v) is 3.38. The Labute approximate surface area is 105 Å². The lowest BCUT2D eigenvalue weighted by Crippen LogP contribution is -2.59. The zero-order chi connectivity index (χ0) is 12.6. The molecule has 0 aromatic rings. The molecule has 2 saturated heterocycles. The first kappa shape index (κ1) is 12.9. The second kappa shape index (κ2) is 4.60. The molecular weight excluding hydrogens is 212 g/mol. The van der Waals surface area contributed by atoms with Gasteiger partial charge in [0.2, 0.25) is 5.91 Å². The molecule has 0 aromatic carbocycles. The van der Waals surface area contributed by atoms with Crippen molar-refractivity contribution >= 4 is 5.91 Å². The van der Waals surface area contributed by atoms with Crippen LogP contribution in [0.3, 0.4) is 0 Å². The van der Waals surface area contributed by atoms with E-state index < -0.39 is 0 Å². The SMILES string of the molecule is CC1CC(C)C(C)N(C(=O)C2(C)CCCN2)C1. The van der Waals surface area contributed by atoms with E-state index in [1.54, 1.807) is 0 Å². The Hall–Kier alpha value is -0.570. The molecule has 4 unspecified atom stereocenters. The first-order valence-electron chi connectivity index (χ1n) is 7.00. The maximum Gasteiger partial charge on any atom is 0.242 e. The summed E-state index contributed by atoms with van der Waals surface area (Å²) >= 11 is 0. The molecule has 0 saturated carbocycles. The second-order valence-corrected chi connectivity index (χ2v) is 6.38. The minimum Gasteiger partial charge on any atom is -0.338 e. The number of rotatable bonds is 1. The Morgan fingerprint density at radius 3 is 2.65 bits per heavy atom. The predicted molar refractivity (Wildman–Crippen MR) is 69.8 cm³/mol. The molecule has 3 nitrogen and oxygen atoms in total. The molecule has 1 N–H and O–H groups in total. The minimum absolute atomic E-state index is 0.301. The van der Waals surface area contributed by atoms with E-state index in [-0.39, 0.29) is 5.54 Å². The van der Waals surface area contributed by atoms with E-state index in [9.17, 15) is 4.79 Å². The zero-order valence-electron chi connectivity index (χ0n) is 11.6. The van der Waals surface area contributed by atoms with Gasteiger partial charge in [-0.25, -0.2) is 0 Å². The molecule has 4 atom stereocenters. The Morgan fingerprint density at radius 1 is 1.35 bits per heavy atom. The van der Waals surface area contributed by atoms with Gasteiger partial charge in [0.05, 0.1) is 5.54 Å². The van der Waals surface area contributed by atoms with Crippen molar-refractivity contribution < 1.29 is 4.79 Å². The fraction of sp³-hybridized carbons (Fsp3) is 0.929. The lowest BCUT2D eigenvalue weighted by Gasteiger charge is -2.44. The summed E-state index contributed by atoms with van der Waals surface area (Å²) in [6.07, 6.45) is 3.35. The molecule has 2 fully saturated rings. The van der Waals surface area contributed by atoms with Gasteiger partial charge in [-0.15, -0.1) is 0 Å². The summed E-state index contributed by atoms with van der Waals surface area (Å²) in [5, 5.41) is 3.39. The number of hydrogen-bond donors (Lipinski definition) is 1. The second-order valence-electron chi connectivity index (χ2n) is 6.38. The molecule has 2 heterocycles. The van der Waals surface area contributed by atoms with Crippen molar-refractivity contribution in [1.29, 1.82) is 0 Å². The number of nitrogens with one attached hydrogen (secondary N) is 1. The van der Waals surface area contributed by atoms with Crippen molar-refractivity contribution in [2.45, 2.75) is 58.5 Å². The van der Waals surface area contributed by atoms with E-state index in [1.165, 1.54) is 6.42 Å². The first-order chi connectivity index (χ1) is 7.94. The highest BCUT2D eigenvalue weighted by Gasteiger charge is 2.42. The lowest BCUT2D eigenvalue weighted by atomic mass is 9.84. The van der Waals surface area contributed by atoms with Crippen molar-refractivity contribution in [2.24, 2.45) is 11.8 Å². The van der Waals surface area contributed by atoms with Gasteiger partial charge in [0.15, 0.2) is 0 Å². The van der Waals surface area contributed by atoms with Crippen LogP contribution in [0.1, 0.15) is 47.0 Å². The van der Waals surface area contributed by atoms with Crippen molar-refractivity contribution in [3.8, 4) is 0 Å². The molecule has 0 spiro atoms. The molecule has 1 amide bonds. The molecule has 2 rings (SSSR count). The highest BCUT2D eigenvalue weighted by Crippen LogP contribution is 2.30. The Morgan fingerprint density at radius 2 is 2.06 bits per heavy atom. The fourth-order valence-electron chi connectivity index (χ4n) is 3.38. The average molecular weight is 238 g/mol. The first-order valence-corrected chi connectivity index (χ1v) is 7.00. The number of carbonyl (C=O) groups excluding carboxylic acids is 1. The molecule has 3 heteroatoms. The van der Waals surface area contributed by atoms with Crippen LogP contribution in [0.15, 0.2) is 0 Å². The van der Waals surface area contributed by atoms with Gasteiger partial charge in [0, 0.05) is 12.6 Å². The average Bonchev–Trinajstić information content (AvgIpc) is 2.71. The van der Waals surface area contributed by atoms with Gasteiger partial charge < -0.3 is 10.2 Å². The smallest absolute Gasteiger partial charge is 0.242 e. The number of piperidine rings is 1. The van der Waals surface area contributed by atoms with Crippen molar-refractivity contribution in [3.63, 3.8) is 0 Å². The third kappa shape index (κ3) is 2.35. The van der Waals surface area contributed by atoms with Crippen molar-refractivity contribution in [3.05, 3.63) is 0 Å². The number of carbonyl (C=O) groups is 1. The highest BCUT2D eigenvalue weighted by atomic mass is 16.2. The highest BCUT2D eigenvalue weighted by molar-refractivity contribution is 5.86. The van der Waals surface area contributed by atoms with Gasteiger partial charge in [0.1, 0.15) is 0 Å². The van der Waals surface area contributed by atoms with Crippen LogP contribution in [0.5, 0.6) is 0 Å². The van der Waals surface area contributed by atoms with Crippen LogP contribution >= 0.6 is 0 Å². The van der Waals surface area contributed by atoms with Crippen LogP contribution in [-0.2, 0) is 4.79 Å². The van der Waals surface area contributed by atoms with Gasteiger partial charge in [0.25, 0.3) is 0 Å². The Bertz CT molecular complexity index is 297. The molecule has 0 radical (unpaired) electrons. The largest absolute Gasteiger partial charge is 0.338 e. The molecule has 0 aliphatic carbocycles. The zero-order valence-corrected chi connectivity index (χ0v) is 11.6. The Balaban J connectivity index is 2.12. The summed E-state index contributed by atoms with van der Waals surface area (Å²) in [5.74, 6) is 1.57. The standard InChI is InChI=1S/C14H26N2O/c1-10-8-11(2)12(3)16(9-10)13(17)14(4)6-5-7-15-14/h10-12,15H,5-9H2,1-4H3. The van der Waals surface area contributed by atoms with E-state index in [1.807, 2.05) is 0 Å². The molecule has 0 bridgehead atoms. The molecule has 2 aliphatic heterocycles. The number of hydrogen-bond acceptors (Lipinski definition) is 2. The molecule has 17 heavy (non-hydrogen) atoms.